The lowest BCUT2D eigenvalue weighted by atomic mass is 10.0. The molecule has 1 saturated heterocycles. The third-order valence-corrected chi connectivity index (χ3v) is 7.28. The summed E-state index contributed by atoms with van der Waals surface area (Å²) in [5.41, 5.74) is 4.98. The molecule has 2 aromatic heterocycles. The summed E-state index contributed by atoms with van der Waals surface area (Å²) in [5.74, 6) is 2.40. The van der Waals surface area contributed by atoms with E-state index in [1.807, 2.05) is 98.0 Å². The predicted molar refractivity (Wildman–Crippen MR) is 158 cm³/mol. The minimum absolute atomic E-state index is 0.162. The monoisotopic (exact) mass is 532 g/mol. The van der Waals surface area contributed by atoms with Gasteiger partial charge in [0.05, 0.1) is 24.5 Å². The van der Waals surface area contributed by atoms with Crippen molar-refractivity contribution in [2.45, 2.75) is 19.0 Å². The van der Waals surface area contributed by atoms with Crippen molar-refractivity contribution < 1.29 is 9.47 Å². The van der Waals surface area contributed by atoms with Crippen LogP contribution in [0.1, 0.15) is 29.0 Å². The Balaban J connectivity index is 1.41. The van der Waals surface area contributed by atoms with Gasteiger partial charge in [-0.15, -0.1) is 0 Å². The molecule has 3 aromatic carbocycles. The van der Waals surface area contributed by atoms with Crippen LogP contribution >= 0.6 is 12.2 Å². The molecule has 6 rings (SSSR count). The number of anilines is 1. The standard InChI is InChI=1S/C32H28N4O2S/c1-22-10-3-5-14-28(22)38-24-18-16-23(17-19-24)36-31(30(34-32(36)39)25-11-7-8-20-33-25)27-13-9-21-35(27)26-12-4-6-15-29(26)37-2/h3-21,30-31H,1-2H3,(H,34,39)/t30-,31-/m1/s1. The Bertz CT molecular complexity index is 1600. The van der Waals surface area contributed by atoms with E-state index in [1.165, 1.54) is 0 Å². The van der Waals surface area contributed by atoms with Crippen LogP contribution in [-0.2, 0) is 0 Å². The number of ether oxygens (including phenoxy) is 2. The summed E-state index contributed by atoms with van der Waals surface area (Å²) in [6.45, 7) is 2.04. The highest BCUT2D eigenvalue weighted by Crippen LogP contribution is 2.43. The number of aromatic nitrogens is 2. The van der Waals surface area contributed by atoms with Crippen LogP contribution in [0, 0.1) is 6.92 Å². The van der Waals surface area contributed by atoms with Crippen LogP contribution in [0.3, 0.4) is 0 Å². The van der Waals surface area contributed by atoms with Crippen molar-refractivity contribution in [2.75, 3.05) is 12.0 Å². The molecule has 0 saturated carbocycles. The van der Waals surface area contributed by atoms with Crippen LogP contribution < -0.4 is 19.7 Å². The van der Waals surface area contributed by atoms with Crippen molar-refractivity contribution in [1.29, 1.82) is 0 Å². The molecule has 1 aliphatic rings. The molecule has 0 spiro atoms. The van der Waals surface area contributed by atoms with Gasteiger partial charge in [-0.2, -0.15) is 0 Å². The normalized spacial score (nSPS) is 16.7. The summed E-state index contributed by atoms with van der Waals surface area (Å²) < 4.78 is 14.0. The molecule has 7 heteroatoms. The van der Waals surface area contributed by atoms with E-state index in [9.17, 15) is 0 Å². The molecule has 39 heavy (non-hydrogen) atoms. The topological polar surface area (TPSA) is 51.5 Å². The maximum absolute atomic E-state index is 6.15. The molecule has 0 aliphatic carbocycles. The molecule has 0 unspecified atom stereocenters. The second-order valence-corrected chi connectivity index (χ2v) is 9.72. The zero-order valence-electron chi connectivity index (χ0n) is 21.7. The van der Waals surface area contributed by atoms with Gasteiger partial charge in [0.15, 0.2) is 5.11 Å². The largest absolute Gasteiger partial charge is 0.495 e. The van der Waals surface area contributed by atoms with Gasteiger partial charge in [0, 0.05) is 23.8 Å². The van der Waals surface area contributed by atoms with Crippen molar-refractivity contribution in [2.24, 2.45) is 0 Å². The number of nitrogens with zero attached hydrogens (tertiary/aromatic N) is 3. The van der Waals surface area contributed by atoms with Gasteiger partial charge in [0.2, 0.25) is 0 Å². The number of hydrogen-bond acceptors (Lipinski definition) is 4. The summed E-state index contributed by atoms with van der Waals surface area (Å²) in [6.07, 6.45) is 3.87. The first kappa shape index (κ1) is 24.7. The highest BCUT2D eigenvalue weighted by molar-refractivity contribution is 7.80. The fraction of sp³-hybridized carbons (Fsp3) is 0.125. The molecular weight excluding hydrogens is 504 g/mol. The zero-order chi connectivity index (χ0) is 26.8. The van der Waals surface area contributed by atoms with Gasteiger partial charge in [-0.05, 0) is 91.4 Å². The van der Waals surface area contributed by atoms with Crippen LogP contribution in [0.2, 0.25) is 0 Å². The first-order valence-corrected chi connectivity index (χ1v) is 13.2. The number of nitrogens with one attached hydrogen (secondary N) is 1. The molecule has 0 amide bonds. The van der Waals surface area contributed by atoms with E-state index in [-0.39, 0.29) is 12.1 Å². The lowest BCUT2D eigenvalue weighted by molar-refractivity contribution is 0.412. The van der Waals surface area contributed by atoms with E-state index in [2.05, 4.69) is 44.2 Å². The Labute approximate surface area is 233 Å². The summed E-state index contributed by atoms with van der Waals surface area (Å²) in [7, 11) is 1.69. The number of para-hydroxylation sites is 3. The maximum Gasteiger partial charge on any atom is 0.174 e. The molecule has 1 fully saturated rings. The smallest absolute Gasteiger partial charge is 0.174 e. The zero-order valence-corrected chi connectivity index (χ0v) is 22.5. The van der Waals surface area contributed by atoms with Gasteiger partial charge in [-0.3, -0.25) is 4.98 Å². The summed E-state index contributed by atoms with van der Waals surface area (Å²) >= 11 is 5.94. The van der Waals surface area contributed by atoms with E-state index in [1.54, 1.807) is 7.11 Å². The molecule has 6 nitrogen and oxygen atoms in total. The molecule has 194 valence electrons. The van der Waals surface area contributed by atoms with Crippen molar-refractivity contribution in [3.8, 4) is 22.9 Å². The van der Waals surface area contributed by atoms with Crippen LogP contribution in [0.5, 0.6) is 17.2 Å². The van der Waals surface area contributed by atoms with Gasteiger partial charge in [0.1, 0.15) is 23.3 Å². The Kier molecular flexibility index (Phi) is 6.73. The van der Waals surface area contributed by atoms with Crippen LogP contribution in [0.15, 0.2) is 116 Å². The SMILES string of the molecule is COc1ccccc1-n1cccc1[C@@H]1[C@@H](c2ccccn2)NC(=S)N1c1ccc(Oc2ccccc2C)cc1. The fourth-order valence-electron chi connectivity index (χ4n) is 5.09. The third-order valence-electron chi connectivity index (χ3n) is 6.96. The number of rotatable bonds is 7. The van der Waals surface area contributed by atoms with Gasteiger partial charge < -0.3 is 24.3 Å². The Morgan fingerprint density at radius 3 is 2.31 bits per heavy atom. The Hall–Kier alpha value is -4.62. The second kappa shape index (κ2) is 10.6. The number of pyridine rings is 1. The number of aryl methyl sites for hydroxylation is 1. The van der Waals surface area contributed by atoms with Gasteiger partial charge >= 0.3 is 0 Å². The fourth-order valence-corrected chi connectivity index (χ4v) is 5.44. The molecule has 1 N–H and O–H groups in total. The summed E-state index contributed by atoms with van der Waals surface area (Å²) in [5, 5.41) is 4.18. The summed E-state index contributed by atoms with van der Waals surface area (Å²) in [4.78, 5) is 6.85. The molecule has 5 aromatic rings. The minimum Gasteiger partial charge on any atom is -0.495 e. The van der Waals surface area contributed by atoms with Gasteiger partial charge in [0.25, 0.3) is 0 Å². The molecule has 0 radical (unpaired) electrons. The average molecular weight is 533 g/mol. The molecule has 0 bridgehead atoms. The van der Waals surface area contributed by atoms with Gasteiger partial charge in [-0.1, -0.05) is 36.4 Å². The quantitative estimate of drug-likeness (QED) is 0.225. The number of benzene rings is 3. The van der Waals surface area contributed by atoms with E-state index in [0.717, 1.165) is 45.6 Å². The lowest BCUT2D eigenvalue weighted by Crippen LogP contribution is -2.30. The van der Waals surface area contributed by atoms with E-state index >= 15 is 0 Å². The predicted octanol–water partition coefficient (Wildman–Crippen LogP) is 7.16. The maximum atomic E-state index is 6.15. The van der Waals surface area contributed by atoms with Crippen molar-refractivity contribution in [1.82, 2.24) is 14.9 Å². The number of thiocarbonyl (C=S) groups is 1. The first-order valence-electron chi connectivity index (χ1n) is 12.8. The van der Waals surface area contributed by atoms with Crippen LogP contribution in [-0.4, -0.2) is 21.8 Å². The van der Waals surface area contributed by atoms with Crippen molar-refractivity contribution in [3.05, 3.63) is 132 Å². The van der Waals surface area contributed by atoms with E-state index < -0.39 is 0 Å². The van der Waals surface area contributed by atoms with Crippen molar-refractivity contribution >= 4 is 23.0 Å². The van der Waals surface area contributed by atoms with E-state index in [4.69, 9.17) is 21.7 Å². The first-order chi connectivity index (χ1) is 19.1. The molecule has 2 atom stereocenters. The van der Waals surface area contributed by atoms with Crippen LogP contribution in [0.4, 0.5) is 5.69 Å². The molecule has 1 aliphatic heterocycles. The average Bonchev–Trinajstić information content (AvgIpc) is 3.59. The van der Waals surface area contributed by atoms with Crippen LogP contribution in [0.25, 0.3) is 5.69 Å². The van der Waals surface area contributed by atoms with Crippen molar-refractivity contribution in [3.63, 3.8) is 0 Å². The highest BCUT2D eigenvalue weighted by atomic mass is 32.1. The highest BCUT2D eigenvalue weighted by Gasteiger charge is 2.42. The minimum atomic E-state index is -0.171. The Morgan fingerprint density at radius 1 is 0.821 bits per heavy atom. The second-order valence-electron chi connectivity index (χ2n) is 9.33. The molecule has 3 heterocycles. The molecular formula is C32H28N4O2S. The number of methoxy groups -OCH3 is 1. The summed E-state index contributed by atoms with van der Waals surface area (Å²) in [6, 6.07) is 33.9. The van der Waals surface area contributed by atoms with E-state index in [0.29, 0.717) is 5.11 Å². The van der Waals surface area contributed by atoms with Gasteiger partial charge in [-0.25, -0.2) is 0 Å². The lowest BCUT2D eigenvalue weighted by Gasteiger charge is -2.29. The number of hydrogen-bond donors (Lipinski definition) is 1. The Morgan fingerprint density at radius 2 is 1.56 bits per heavy atom. The third kappa shape index (κ3) is 4.73.